The van der Waals surface area contributed by atoms with Gasteiger partial charge in [-0.2, -0.15) is 0 Å². The quantitative estimate of drug-likeness (QED) is 0.626. The molecule has 1 saturated heterocycles. The fourth-order valence-electron chi connectivity index (χ4n) is 3.38. The minimum absolute atomic E-state index is 0.0825. The number of rotatable bonds is 6. The number of halogens is 1. The summed E-state index contributed by atoms with van der Waals surface area (Å²) in [5.41, 5.74) is 0.972. The van der Waals surface area contributed by atoms with E-state index in [9.17, 15) is 14.4 Å². The van der Waals surface area contributed by atoms with Gasteiger partial charge in [0.15, 0.2) is 0 Å². The van der Waals surface area contributed by atoms with Crippen LogP contribution in [-0.2, 0) is 20.9 Å². The normalized spacial score (nSPS) is 22.2. The van der Waals surface area contributed by atoms with Gasteiger partial charge >= 0.3 is 0 Å². The molecule has 1 aromatic rings. The number of carbonyl (C=O) groups is 3. The van der Waals surface area contributed by atoms with Crippen LogP contribution in [0.3, 0.4) is 0 Å². The molecule has 1 fully saturated rings. The zero-order chi connectivity index (χ0) is 17.8. The van der Waals surface area contributed by atoms with Gasteiger partial charge in [-0.1, -0.05) is 35.9 Å². The van der Waals surface area contributed by atoms with Crippen molar-refractivity contribution in [3.8, 4) is 0 Å². The van der Waals surface area contributed by atoms with Crippen molar-refractivity contribution in [2.24, 2.45) is 11.8 Å². The predicted octanol–water partition coefficient (Wildman–Crippen LogP) is 2.69. The number of hydrogen-bond donors (Lipinski definition) is 1. The first kappa shape index (κ1) is 17.7. The average molecular weight is 361 g/mol. The maximum atomic E-state index is 12.3. The van der Waals surface area contributed by atoms with Crippen molar-refractivity contribution in [3.63, 3.8) is 0 Å². The topological polar surface area (TPSA) is 66.5 Å². The summed E-state index contributed by atoms with van der Waals surface area (Å²) in [5, 5.41) is 3.49. The molecule has 3 amide bonds. The van der Waals surface area contributed by atoms with E-state index in [1.54, 1.807) is 12.1 Å². The van der Waals surface area contributed by atoms with E-state index in [0.29, 0.717) is 37.4 Å². The molecule has 3 rings (SSSR count). The molecule has 0 saturated carbocycles. The molecule has 5 nitrogen and oxygen atoms in total. The first-order valence-electron chi connectivity index (χ1n) is 8.57. The number of imide groups is 1. The van der Waals surface area contributed by atoms with Gasteiger partial charge in [0.25, 0.3) is 0 Å². The fraction of sp³-hybridized carbons (Fsp3) is 0.421. The summed E-state index contributed by atoms with van der Waals surface area (Å²) < 4.78 is 0. The summed E-state index contributed by atoms with van der Waals surface area (Å²) in [6, 6.07) is 7.28. The number of nitrogens with one attached hydrogen (secondary N) is 1. The molecule has 1 heterocycles. The highest BCUT2D eigenvalue weighted by Gasteiger charge is 2.46. The molecule has 0 aromatic heterocycles. The van der Waals surface area contributed by atoms with Gasteiger partial charge in [-0.3, -0.25) is 19.3 Å². The van der Waals surface area contributed by atoms with Crippen LogP contribution in [0.15, 0.2) is 36.4 Å². The van der Waals surface area contributed by atoms with Crippen LogP contribution in [0, 0.1) is 11.8 Å². The van der Waals surface area contributed by atoms with Crippen LogP contribution in [0.25, 0.3) is 0 Å². The van der Waals surface area contributed by atoms with E-state index in [1.807, 2.05) is 24.3 Å². The summed E-state index contributed by atoms with van der Waals surface area (Å²) in [6.07, 6.45) is 6.01. The van der Waals surface area contributed by atoms with Crippen molar-refractivity contribution in [3.05, 3.63) is 47.0 Å². The van der Waals surface area contributed by atoms with Crippen LogP contribution in [0.2, 0.25) is 5.02 Å². The molecule has 132 valence electrons. The molecule has 1 N–H and O–H groups in total. The Balaban J connectivity index is 1.42. The number of benzene rings is 1. The van der Waals surface area contributed by atoms with Crippen LogP contribution in [-0.4, -0.2) is 29.2 Å². The van der Waals surface area contributed by atoms with Gasteiger partial charge in [-0.15, -0.1) is 0 Å². The van der Waals surface area contributed by atoms with E-state index in [-0.39, 0.29) is 36.0 Å². The Morgan fingerprint density at radius 3 is 2.28 bits per heavy atom. The molecule has 0 spiro atoms. The highest BCUT2D eigenvalue weighted by atomic mass is 35.5. The lowest BCUT2D eigenvalue weighted by atomic mass is 9.85. The van der Waals surface area contributed by atoms with Crippen LogP contribution in [0.5, 0.6) is 0 Å². The van der Waals surface area contributed by atoms with Gasteiger partial charge in [0, 0.05) is 24.5 Å². The third kappa shape index (κ3) is 4.10. The molecular formula is C19H21ClN2O3. The van der Waals surface area contributed by atoms with Crippen LogP contribution < -0.4 is 5.32 Å². The number of allylic oxidation sites excluding steroid dienone is 2. The summed E-state index contributed by atoms with van der Waals surface area (Å²) in [6.45, 7) is 0.756. The molecule has 1 aromatic carbocycles. The Labute approximate surface area is 152 Å². The van der Waals surface area contributed by atoms with Gasteiger partial charge in [0.05, 0.1) is 11.8 Å². The lowest BCUT2D eigenvalue weighted by Crippen LogP contribution is -2.33. The first-order chi connectivity index (χ1) is 12.1. The Hall–Kier alpha value is -2.14. The minimum atomic E-state index is -0.198. The fourth-order valence-corrected chi connectivity index (χ4v) is 3.50. The van der Waals surface area contributed by atoms with Gasteiger partial charge in [-0.05, 0) is 37.0 Å². The second-order valence-electron chi connectivity index (χ2n) is 6.49. The highest BCUT2D eigenvalue weighted by Crippen LogP contribution is 2.35. The SMILES string of the molecule is O=C(CCCN1C(=O)[C@@H]2CC=CC[C@H]2C1=O)NCc1ccc(Cl)cc1. The number of carbonyl (C=O) groups excluding carboxylic acids is 3. The number of nitrogens with zero attached hydrogens (tertiary/aromatic N) is 1. The number of amides is 3. The van der Waals surface area contributed by atoms with Gasteiger partial charge < -0.3 is 5.32 Å². The van der Waals surface area contributed by atoms with Gasteiger partial charge in [0.2, 0.25) is 17.7 Å². The van der Waals surface area contributed by atoms with Crippen molar-refractivity contribution in [1.29, 1.82) is 0 Å². The molecule has 1 aliphatic carbocycles. The van der Waals surface area contributed by atoms with Crippen LogP contribution >= 0.6 is 11.6 Å². The molecule has 0 bridgehead atoms. The van der Waals surface area contributed by atoms with Crippen LogP contribution in [0.1, 0.15) is 31.2 Å². The Bertz CT molecular complexity index is 673. The van der Waals surface area contributed by atoms with Gasteiger partial charge in [-0.25, -0.2) is 0 Å². The van der Waals surface area contributed by atoms with E-state index < -0.39 is 0 Å². The number of fused-ring (bicyclic) bond motifs is 1. The van der Waals surface area contributed by atoms with E-state index in [1.165, 1.54) is 4.90 Å². The maximum absolute atomic E-state index is 12.3. The first-order valence-corrected chi connectivity index (χ1v) is 8.95. The Kier molecular flexibility index (Phi) is 5.53. The maximum Gasteiger partial charge on any atom is 0.233 e. The third-order valence-electron chi connectivity index (χ3n) is 4.79. The minimum Gasteiger partial charge on any atom is -0.352 e. The standard InChI is InChI=1S/C19H21ClN2O3/c20-14-9-7-13(8-10-14)12-21-17(23)6-3-11-22-18(24)15-4-1-2-5-16(15)19(22)25/h1-2,7-10,15-16H,3-6,11-12H2,(H,21,23)/t15-,16-/m1/s1. The average Bonchev–Trinajstić information content (AvgIpc) is 2.86. The van der Waals surface area contributed by atoms with E-state index >= 15 is 0 Å². The van der Waals surface area contributed by atoms with E-state index in [4.69, 9.17) is 11.6 Å². The monoisotopic (exact) mass is 360 g/mol. The van der Waals surface area contributed by atoms with Crippen molar-refractivity contribution in [1.82, 2.24) is 10.2 Å². The molecule has 2 aliphatic rings. The van der Waals surface area contributed by atoms with E-state index in [2.05, 4.69) is 5.32 Å². The highest BCUT2D eigenvalue weighted by molar-refractivity contribution is 6.30. The predicted molar refractivity (Wildman–Crippen MR) is 94.6 cm³/mol. The summed E-state index contributed by atoms with van der Waals surface area (Å²) >= 11 is 5.82. The van der Waals surface area contributed by atoms with E-state index in [0.717, 1.165) is 5.56 Å². The molecule has 0 radical (unpaired) electrons. The summed E-state index contributed by atoms with van der Waals surface area (Å²) in [7, 11) is 0. The molecule has 1 aliphatic heterocycles. The molecular weight excluding hydrogens is 340 g/mol. The zero-order valence-corrected chi connectivity index (χ0v) is 14.7. The second-order valence-corrected chi connectivity index (χ2v) is 6.93. The molecule has 6 heteroatoms. The third-order valence-corrected chi connectivity index (χ3v) is 5.04. The smallest absolute Gasteiger partial charge is 0.233 e. The summed E-state index contributed by atoms with van der Waals surface area (Å²) in [5.74, 6) is -0.651. The van der Waals surface area contributed by atoms with Gasteiger partial charge in [0.1, 0.15) is 0 Å². The summed E-state index contributed by atoms with van der Waals surface area (Å²) in [4.78, 5) is 37.9. The van der Waals surface area contributed by atoms with Crippen molar-refractivity contribution in [2.45, 2.75) is 32.2 Å². The molecule has 0 unspecified atom stereocenters. The lowest BCUT2D eigenvalue weighted by Gasteiger charge is -2.14. The number of hydrogen-bond acceptors (Lipinski definition) is 3. The Morgan fingerprint density at radius 2 is 1.68 bits per heavy atom. The van der Waals surface area contributed by atoms with Crippen molar-refractivity contribution in [2.75, 3.05) is 6.54 Å². The molecule has 2 atom stereocenters. The number of likely N-dealkylation sites (tertiary alicyclic amines) is 1. The zero-order valence-electron chi connectivity index (χ0n) is 13.9. The van der Waals surface area contributed by atoms with Crippen molar-refractivity contribution < 1.29 is 14.4 Å². The Morgan fingerprint density at radius 1 is 1.08 bits per heavy atom. The van der Waals surface area contributed by atoms with Crippen LogP contribution in [0.4, 0.5) is 0 Å². The van der Waals surface area contributed by atoms with Crippen molar-refractivity contribution >= 4 is 29.3 Å². The largest absolute Gasteiger partial charge is 0.352 e. The molecule has 25 heavy (non-hydrogen) atoms. The second kappa shape index (κ2) is 7.83. The lowest BCUT2D eigenvalue weighted by molar-refractivity contribution is -0.140.